The summed E-state index contributed by atoms with van der Waals surface area (Å²) in [7, 11) is 0. The number of carbonyl (C=O) groups is 1. The fourth-order valence-corrected chi connectivity index (χ4v) is 3.81. The summed E-state index contributed by atoms with van der Waals surface area (Å²) in [6, 6.07) is 0.299. The van der Waals surface area contributed by atoms with Crippen LogP contribution in [0.3, 0.4) is 0 Å². The summed E-state index contributed by atoms with van der Waals surface area (Å²) >= 11 is 5.33. The lowest BCUT2D eigenvalue weighted by atomic mass is 9.72. The average molecular weight is 313 g/mol. The molecule has 1 fully saturated rings. The standard InChI is InChI=1S/C17H32N2OS/c1-5-14(6-2)19(12-13(3)4)16(20)17(15(18)21)10-8-7-9-11-17/h13-14H,5-12H2,1-4H3,(H2,18,21). The zero-order valence-corrected chi connectivity index (χ0v) is 15.0. The van der Waals surface area contributed by atoms with E-state index in [1.807, 2.05) is 0 Å². The molecule has 3 nitrogen and oxygen atoms in total. The molecule has 21 heavy (non-hydrogen) atoms. The van der Waals surface area contributed by atoms with Gasteiger partial charge in [-0.15, -0.1) is 0 Å². The van der Waals surface area contributed by atoms with Gasteiger partial charge < -0.3 is 10.6 Å². The average Bonchev–Trinajstić information content (AvgIpc) is 2.46. The maximum absolute atomic E-state index is 13.3. The zero-order valence-electron chi connectivity index (χ0n) is 14.2. The Hall–Kier alpha value is -0.640. The molecule has 0 saturated heterocycles. The number of nitrogens with two attached hydrogens (primary N) is 1. The minimum absolute atomic E-state index is 0.192. The van der Waals surface area contributed by atoms with Crippen molar-refractivity contribution >= 4 is 23.1 Å². The molecule has 0 aliphatic heterocycles. The molecule has 0 aromatic heterocycles. The van der Waals surface area contributed by atoms with Crippen molar-refractivity contribution in [2.75, 3.05) is 6.54 Å². The first kappa shape index (κ1) is 18.4. The predicted molar refractivity (Wildman–Crippen MR) is 93.2 cm³/mol. The number of hydrogen-bond donors (Lipinski definition) is 1. The Balaban J connectivity index is 3.08. The molecule has 122 valence electrons. The maximum Gasteiger partial charge on any atom is 0.235 e. The first-order valence-electron chi connectivity index (χ1n) is 8.50. The molecule has 0 aromatic rings. The highest BCUT2D eigenvalue weighted by molar-refractivity contribution is 7.80. The molecule has 4 heteroatoms. The number of thiocarbonyl (C=S) groups is 1. The Kier molecular flexibility index (Phi) is 7.11. The summed E-state index contributed by atoms with van der Waals surface area (Å²) in [6.07, 6.45) is 6.94. The number of carbonyl (C=O) groups excluding carboxylic acids is 1. The Morgan fingerprint density at radius 3 is 2.10 bits per heavy atom. The van der Waals surface area contributed by atoms with Gasteiger partial charge in [0.1, 0.15) is 0 Å². The van der Waals surface area contributed by atoms with E-state index >= 15 is 0 Å². The molecule has 1 aliphatic rings. The van der Waals surface area contributed by atoms with Crippen molar-refractivity contribution in [1.82, 2.24) is 4.90 Å². The van der Waals surface area contributed by atoms with E-state index in [2.05, 4.69) is 32.6 Å². The Morgan fingerprint density at radius 1 is 1.19 bits per heavy atom. The number of rotatable bonds is 7. The maximum atomic E-state index is 13.3. The molecule has 0 spiro atoms. The summed E-state index contributed by atoms with van der Waals surface area (Å²) in [5.74, 6) is 0.652. The van der Waals surface area contributed by atoms with Gasteiger partial charge >= 0.3 is 0 Å². The van der Waals surface area contributed by atoms with Gasteiger partial charge in [0.15, 0.2) is 0 Å². The molecule has 1 rings (SSSR count). The predicted octanol–water partition coefficient (Wildman–Crippen LogP) is 3.90. The molecule has 0 radical (unpaired) electrons. The van der Waals surface area contributed by atoms with Crippen molar-refractivity contribution in [1.29, 1.82) is 0 Å². The second-order valence-corrected chi connectivity index (χ2v) is 7.27. The summed E-state index contributed by atoms with van der Waals surface area (Å²) in [5, 5.41) is 0. The second kappa shape index (κ2) is 8.11. The van der Waals surface area contributed by atoms with Crippen LogP contribution in [0.25, 0.3) is 0 Å². The van der Waals surface area contributed by atoms with E-state index in [9.17, 15) is 4.79 Å². The van der Waals surface area contributed by atoms with Crippen LogP contribution >= 0.6 is 12.2 Å². The van der Waals surface area contributed by atoms with Crippen LogP contribution in [-0.2, 0) is 4.79 Å². The van der Waals surface area contributed by atoms with E-state index < -0.39 is 5.41 Å². The highest BCUT2D eigenvalue weighted by Crippen LogP contribution is 2.39. The van der Waals surface area contributed by atoms with Gasteiger partial charge in [-0.05, 0) is 31.6 Å². The van der Waals surface area contributed by atoms with E-state index in [-0.39, 0.29) is 5.91 Å². The molecule has 0 atom stereocenters. The van der Waals surface area contributed by atoms with Crippen molar-refractivity contribution in [3.63, 3.8) is 0 Å². The van der Waals surface area contributed by atoms with Gasteiger partial charge in [0, 0.05) is 12.6 Å². The molecule has 2 N–H and O–H groups in total. The van der Waals surface area contributed by atoms with Crippen LogP contribution in [-0.4, -0.2) is 28.4 Å². The third-order valence-electron chi connectivity index (χ3n) is 4.79. The summed E-state index contributed by atoms with van der Waals surface area (Å²) in [4.78, 5) is 15.8. The van der Waals surface area contributed by atoms with Crippen LogP contribution in [0.2, 0.25) is 0 Å². The molecule has 0 unspecified atom stereocenters. The van der Waals surface area contributed by atoms with Crippen LogP contribution in [0.1, 0.15) is 72.6 Å². The van der Waals surface area contributed by atoms with Crippen molar-refractivity contribution in [2.45, 2.75) is 78.7 Å². The summed E-state index contributed by atoms with van der Waals surface area (Å²) in [6.45, 7) is 9.44. The molecule has 1 saturated carbocycles. The highest BCUT2D eigenvalue weighted by Gasteiger charge is 2.45. The van der Waals surface area contributed by atoms with Gasteiger partial charge in [0.25, 0.3) is 0 Å². The van der Waals surface area contributed by atoms with Crippen molar-refractivity contribution in [2.24, 2.45) is 17.1 Å². The van der Waals surface area contributed by atoms with Gasteiger partial charge in [-0.25, -0.2) is 0 Å². The fraction of sp³-hybridized carbons (Fsp3) is 0.882. The normalized spacial score (nSPS) is 18.0. The monoisotopic (exact) mass is 312 g/mol. The first-order chi connectivity index (χ1) is 9.89. The van der Waals surface area contributed by atoms with Crippen molar-refractivity contribution in [3.05, 3.63) is 0 Å². The van der Waals surface area contributed by atoms with E-state index in [0.717, 1.165) is 45.1 Å². The van der Waals surface area contributed by atoms with Crippen LogP contribution in [0.5, 0.6) is 0 Å². The van der Waals surface area contributed by atoms with Gasteiger partial charge in [-0.3, -0.25) is 4.79 Å². The highest BCUT2D eigenvalue weighted by atomic mass is 32.1. The van der Waals surface area contributed by atoms with Gasteiger partial charge in [0.05, 0.1) is 10.4 Å². The minimum Gasteiger partial charge on any atom is -0.392 e. The molecule has 0 heterocycles. The molecule has 1 amide bonds. The molecule has 1 aliphatic carbocycles. The third kappa shape index (κ3) is 4.18. The van der Waals surface area contributed by atoms with E-state index in [1.165, 1.54) is 6.42 Å². The largest absolute Gasteiger partial charge is 0.392 e. The fourth-order valence-electron chi connectivity index (χ4n) is 3.52. The summed E-state index contributed by atoms with van der Waals surface area (Å²) < 4.78 is 0. The SMILES string of the molecule is CCC(CC)N(CC(C)C)C(=O)C1(C(N)=S)CCCCC1. The van der Waals surface area contributed by atoms with Gasteiger partial charge in [0.2, 0.25) is 5.91 Å². The van der Waals surface area contributed by atoms with Crippen molar-refractivity contribution in [3.8, 4) is 0 Å². The van der Waals surface area contributed by atoms with Crippen molar-refractivity contribution < 1.29 is 4.79 Å². The molecular formula is C17H32N2OS. The van der Waals surface area contributed by atoms with E-state index in [1.54, 1.807) is 0 Å². The van der Waals surface area contributed by atoms with Crippen LogP contribution < -0.4 is 5.73 Å². The topological polar surface area (TPSA) is 46.3 Å². The lowest BCUT2D eigenvalue weighted by Crippen LogP contribution is -2.55. The summed E-state index contributed by atoms with van der Waals surface area (Å²) in [5.41, 5.74) is 5.46. The zero-order chi connectivity index (χ0) is 16.0. The molecule has 0 aromatic carbocycles. The quantitative estimate of drug-likeness (QED) is 0.725. The van der Waals surface area contributed by atoms with E-state index in [4.69, 9.17) is 18.0 Å². The molecular weight excluding hydrogens is 280 g/mol. The van der Waals surface area contributed by atoms with E-state index in [0.29, 0.717) is 16.9 Å². The number of amides is 1. The van der Waals surface area contributed by atoms with Gasteiger partial charge in [-0.1, -0.05) is 59.2 Å². The minimum atomic E-state index is -0.578. The Bertz CT molecular complexity index is 358. The second-order valence-electron chi connectivity index (χ2n) is 6.83. The Morgan fingerprint density at radius 2 is 1.71 bits per heavy atom. The molecule has 0 bridgehead atoms. The third-order valence-corrected chi connectivity index (χ3v) is 5.18. The van der Waals surface area contributed by atoms with Gasteiger partial charge in [-0.2, -0.15) is 0 Å². The van der Waals surface area contributed by atoms with Crippen LogP contribution in [0, 0.1) is 11.3 Å². The smallest absolute Gasteiger partial charge is 0.235 e. The number of hydrogen-bond acceptors (Lipinski definition) is 2. The number of nitrogens with zero attached hydrogens (tertiary/aromatic N) is 1. The Labute approximate surface area is 135 Å². The first-order valence-corrected chi connectivity index (χ1v) is 8.90. The lowest BCUT2D eigenvalue weighted by Gasteiger charge is -2.42. The van der Waals surface area contributed by atoms with Crippen LogP contribution in [0.4, 0.5) is 0 Å². The van der Waals surface area contributed by atoms with Crippen LogP contribution in [0.15, 0.2) is 0 Å². The lowest BCUT2D eigenvalue weighted by molar-refractivity contribution is -0.143.